The number of allylic oxidation sites excluding steroid dienone is 14. The second-order valence-corrected chi connectivity index (χ2v) is 36.1. The number of carbonyl (C=O) groups is 2. The van der Waals surface area contributed by atoms with E-state index in [-0.39, 0.29) is 34.7 Å². The van der Waals surface area contributed by atoms with Gasteiger partial charge in [0.2, 0.25) is 11.4 Å². The fraction of sp³-hybridized carbons (Fsp3) is 0.468. The molecule has 0 saturated carbocycles. The highest BCUT2D eigenvalue weighted by Crippen LogP contribution is 2.51. The molecule has 2 N–H and O–H groups in total. The van der Waals surface area contributed by atoms with Crippen LogP contribution in [0.25, 0.3) is 0 Å². The summed E-state index contributed by atoms with van der Waals surface area (Å²) in [5.41, 5.74) is 19.4. The number of nitrogens with zero attached hydrogens (tertiary/aromatic N) is 6. The van der Waals surface area contributed by atoms with E-state index in [2.05, 4.69) is 268 Å². The van der Waals surface area contributed by atoms with Crippen LogP contribution in [0, 0.1) is 0 Å². The van der Waals surface area contributed by atoms with E-state index in [1.165, 1.54) is 56.4 Å². The zero-order chi connectivity index (χ0) is 80.2. The third-order valence-electron chi connectivity index (χ3n) is 22.8. The van der Waals surface area contributed by atoms with E-state index in [4.69, 9.17) is 28.7 Å². The summed E-state index contributed by atoms with van der Waals surface area (Å²) in [4.78, 5) is 39.9. The number of hydrogen-bond acceptors (Lipinski definition) is 14. The Balaban J connectivity index is 1.02. The molecule has 5 aromatic carbocycles. The van der Waals surface area contributed by atoms with Gasteiger partial charge in [0.05, 0.1) is 35.3 Å². The van der Waals surface area contributed by atoms with Crippen molar-refractivity contribution in [1.82, 2.24) is 9.80 Å². The summed E-state index contributed by atoms with van der Waals surface area (Å²) in [5, 5.41) is 25.4. The van der Waals surface area contributed by atoms with Gasteiger partial charge >= 0.3 is 12.2 Å². The average Bonchev–Trinajstić information content (AvgIpc) is 1.61. The Morgan fingerprint density at radius 1 is 0.455 bits per heavy atom. The van der Waals surface area contributed by atoms with Gasteiger partial charge in [0.15, 0.2) is 11.4 Å². The van der Waals surface area contributed by atoms with Gasteiger partial charge in [-0.05, 0) is 202 Å². The van der Waals surface area contributed by atoms with E-state index >= 15 is 9.59 Å². The van der Waals surface area contributed by atoms with Gasteiger partial charge in [0, 0.05) is 131 Å². The van der Waals surface area contributed by atoms with E-state index in [1.807, 2.05) is 51.3 Å². The first-order valence-electron chi connectivity index (χ1n) is 40.7. The van der Waals surface area contributed by atoms with Crippen LogP contribution < -0.4 is 9.80 Å². The monoisotopic (exact) mass is 1560 g/mol. The minimum absolute atomic E-state index is 0.202. The molecule has 0 saturated heterocycles. The van der Waals surface area contributed by atoms with Gasteiger partial charge in [0.25, 0.3) is 0 Å². The summed E-state index contributed by atoms with van der Waals surface area (Å²) in [6.45, 7) is 38.3. The minimum atomic E-state index is -0.821. The number of carbonyl (C=O) groups excluding carboxylic acids is 2. The lowest BCUT2D eigenvalue weighted by atomic mass is 9.81. The predicted molar refractivity (Wildman–Crippen MR) is 457 cm³/mol. The molecule has 6 aliphatic rings. The summed E-state index contributed by atoms with van der Waals surface area (Å²) in [7, 11) is 0. The smallest absolute Gasteiger partial charge is 0.415 e. The van der Waals surface area contributed by atoms with Gasteiger partial charge < -0.3 is 19.3 Å². The lowest BCUT2D eigenvalue weighted by molar-refractivity contribution is -0.438. The minimum Gasteiger partial charge on any atom is -0.443 e. The molecular weight excluding hydrogens is 1440 g/mol. The molecule has 0 bridgehead atoms. The number of hydrogen-bond donors (Lipinski definition) is 2. The normalized spacial score (nSPS) is 19.0. The molecule has 112 heavy (non-hydrogen) atoms. The molecule has 5 aromatic rings. The van der Waals surface area contributed by atoms with Crippen molar-refractivity contribution in [3.8, 4) is 0 Å². The van der Waals surface area contributed by atoms with Crippen molar-refractivity contribution in [3.05, 3.63) is 248 Å². The fourth-order valence-corrected chi connectivity index (χ4v) is 18.1. The molecule has 2 aliphatic carbocycles. The molecule has 0 unspecified atom stereocenters. The number of anilines is 2. The number of rotatable bonds is 34. The van der Waals surface area contributed by atoms with Gasteiger partial charge in [-0.2, -0.15) is 9.15 Å². The molecule has 18 heteroatoms. The van der Waals surface area contributed by atoms with Crippen LogP contribution in [-0.2, 0) is 63.0 Å². The Labute approximate surface area is 676 Å². The van der Waals surface area contributed by atoms with Crippen molar-refractivity contribution in [2.75, 3.05) is 47.5 Å². The van der Waals surface area contributed by atoms with Gasteiger partial charge in [-0.3, -0.25) is 9.80 Å². The van der Waals surface area contributed by atoms with Crippen molar-refractivity contribution in [2.45, 2.75) is 247 Å². The van der Waals surface area contributed by atoms with Gasteiger partial charge in [-0.1, -0.05) is 186 Å². The van der Waals surface area contributed by atoms with Crippen LogP contribution in [0.15, 0.2) is 215 Å². The second-order valence-electron chi connectivity index (χ2n) is 34.6. The standard InChI is InChI=1S/C94H120N6O10S2/c1-17-19-29-59-95-77-39-25-21-35-73(77)91(9,10)81(95)55-51-69-47-49-71(53-57-83-93(13,14)75-37-23-27-41-79(75)97(83)61-31-33-63-111-109-107-103)85(69)99(87(101)105-89(3,4)5)65-67-43-45-68(46-44-67)66-100(88(102)106-90(6,7)8)86-70(52-56-82-92(11,12)74-36-22-26-40-78(74)96(82)60-30-20-18-2)48-50-72(86)54-58-84-94(15,16)76-38-24-28-42-80(76)98(84)62-32-34-64-112-110-108-104/h21-28,35-46,51-58H,17-20,29-34,47-50,59-66H2,1-16H3/p+2. The Bertz CT molecular complexity index is 4250. The van der Waals surface area contributed by atoms with E-state index in [1.54, 1.807) is 0 Å². The highest BCUT2D eigenvalue weighted by Gasteiger charge is 2.47. The van der Waals surface area contributed by atoms with E-state index in [9.17, 15) is 0 Å². The topological polar surface area (TPSA) is 149 Å². The molecule has 0 radical (unpaired) electrons. The lowest BCUT2D eigenvalue weighted by Gasteiger charge is -2.31. The summed E-state index contributed by atoms with van der Waals surface area (Å²) in [6, 6.07) is 43.4. The molecule has 0 spiro atoms. The van der Waals surface area contributed by atoms with Crippen molar-refractivity contribution < 1.29 is 57.5 Å². The molecule has 0 aromatic heterocycles. The molecule has 0 fully saturated rings. The average molecular weight is 1560 g/mol. The number of amides is 2. The highest BCUT2D eigenvalue weighted by atomic mass is 32.2. The summed E-state index contributed by atoms with van der Waals surface area (Å²) in [5.74, 6) is 1.31. The number of unbranched alkanes of at least 4 members (excludes halogenated alkanes) is 6. The van der Waals surface area contributed by atoms with Crippen LogP contribution in [0.5, 0.6) is 0 Å². The molecule has 16 nitrogen and oxygen atoms in total. The maximum Gasteiger partial charge on any atom is 0.415 e. The first-order chi connectivity index (χ1) is 53.5. The largest absolute Gasteiger partial charge is 0.443 e. The van der Waals surface area contributed by atoms with Gasteiger partial charge in [-0.25, -0.2) is 20.1 Å². The Kier molecular flexibility index (Phi) is 28.1. The maximum absolute atomic E-state index is 15.6. The van der Waals surface area contributed by atoms with E-state index < -0.39 is 23.4 Å². The molecular formula is C94H122N6O10S2+2. The Hall–Kier alpha value is -8.04. The summed E-state index contributed by atoms with van der Waals surface area (Å²) in [6.07, 6.45) is 30.3. The molecule has 598 valence electrons. The number of fused-ring (bicyclic) bond motifs is 4. The Morgan fingerprint density at radius 2 is 0.821 bits per heavy atom. The number of ether oxygens (including phenoxy) is 2. The fourth-order valence-electron chi connectivity index (χ4n) is 17.2. The molecule has 11 rings (SSSR count). The van der Waals surface area contributed by atoms with Gasteiger partial charge in [0.1, 0.15) is 24.3 Å². The zero-order valence-electron chi connectivity index (χ0n) is 69.4. The van der Waals surface area contributed by atoms with Crippen molar-refractivity contribution >= 4 is 70.4 Å². The van der Waals surface area contributed by atoms with Crippen LogP contribution in [0.4, 0.5) is 32.3 Å². The SMILES string of the molecule is CCCCC[N+]1=C(C=CC2=C(N(Cc3ccc(CN(C(=O)OC(C)(C)C)C4=C(C=CC5=[N+](CCCCC)c6ccccc6C5(C)C)CCC4=CC=C4N(CCCCSOOO)c5ccccc5C4(C)C)cc3)C(=O)OC(C)(C)C)C(=CC=C3N(CCCCSOOO)c4ccccc4C3(C)C)CC2)C(C)(C)c2ccccc21. The van der Waals surface area contributed by atoms with E-state index in [0.717, 1.165) is 171 Å². The van der Waals surface area contributed by atoms with Gasteiger partial charge in [-0.15, -0.1) is 8.67 Å². The van der Waals surface area contributed by atoms with Crippen molar-refractivity contribution in [1.29, 1.82) is 0 Å². The van der Waals surface area contributed by atoms with Crippen LogP contribution in [0.3, 0.4) is 0 Å². The number of benzene rings is 5. The van der Waals surface area contributed by atoms with E-state index in [0.29, 0.717) is 37.2 Å². The Morgan fingerprint density at radius 3 is 1.19 bits per heavy atom. The predicted octanol–water partition coefficient (Wildman–Crippen LogP) is 23.8. The molecule has 0 atom stereocenters. The summed E-state index contributed by atoms with van der Waals surface area (Å²) < 4.78 is 27.6. The quantitative estimate of drug-likeness (QED) is 0.0132. The highest BCUT2D eigenvalue weighted by molar-refractivity contribution is 7.94. The van der Waals surface area contributed by atoms with Crippen LogP contribution in [0.1, 0.15) is 234 Å². The molecule has 2 amide bonds. The number of para-hydroxylation sites is 4. The van der Waals surface area contributed by atoms with Crippen molar-refractivity contribution in [2.24, 2.45) is 0 Å². The summed E-state index contributed by atoms with van der Waals surface area (Å²) >= 11 is 2.17. The third kappa shape index (κ3) is 19.3. The maximum atomic E-state index is 15.6. The second kappa shape index (κ2) is 37.1. The zero-order valence-corrected chi connectivity index (χ0v) is 71.0. The van der Waals surface area contributed by atoms with Crippen molar-refractivity contribution in [3.63, 3.8) is 0 Å². The lowest BCUT2D eigenvalue weighted by Crippen LogP contribution is -2.36. The van der Waals surface area contributed by atoms with Crippen LogP contribution in [0.2, 0.25) is 0 Å². The third-order valence-corrected chi connectivity index (χ3v) is 24.1. The van der Waals surface area contributed by atoms with Crippen LogP contribution in [-0.4, -0.2) is 102 Å². The first-order valence-corrected chi connectivity index (χ1v) is 42.5. The first kappa shape index (κ1) is 84.9. The molecule has 4 heterocycles. The van der Waals surface area contributed by atoms with Crippen LogP contribution >= 0.6 is 24.1 Å². The molecule has 4 aliphatic heterocycles.